The van der Waals surface area contributed by atoms with Crippen LogP contribution < -0.4 is 14.9 Å². The maximum Gasteiger partial charge on any atom is 0.301 e. The number of hydrogen-bond acceptors (Lipinski definition) is 5. The summed E-state index contributed by atoms with van der Waals surface area (Å²) in [5.74, 6) is 0.902. The fourth-order valence-corrected chi connectivity index (χ4v) is 4.10. The first-order valence-electron chi connectivity index (χ1n) is 9.46. The number of nitrogens with zero attached hydrogens (tertiary/aromatic N) is 1. The minimum absolute atomic E-state index is 0.125. The molecule has 1 N–H and O–H groups in total. The summed E-state index contributed by atoms with van der Waals surface area (Å²) in [6, 6.07) is 10.3. The molecule has 0 bridgehead atoms. The molecule has 7 nitrogen and oxygen atoms in total. The Morgan fingerprint density at radius 2 is 1.90 bits per heavy atom. The van der Waals surface area contributed by atoms with Gasteiger partial charge in [-0.15, -0.1) is 0 Å². The quantitative estimate of drug-likeness (QED) is 0.291. The molecule has 0 saturated carbocycles. The fraction of sp³-hybridized carbons (Fsp3) is 0.174. The number of nitrogens with one attached hydrogen (secondary N) is 1. The fourth-order valence-electron chi connectivity index (χ4n) is 4.10. The van der Waals surface area contributed by atoms with Crippen LogP contribution in [-0.4, -0.2) is 22.6 Å². The van der Waals surface area contributed by atoms with Gasteiger partial charge in [-0.05, 0) is 43.5 Å². The van der Waals surface area contributed by atoms with Crippen LogP contribution in [0.2, 0.25) is 0 Å². The van der Waals surface area contributed by atoms with Crippen molar-refractivity contribution in [3.05, 3.63) is 68.4 Å². The van der Waals surface area contributed by atoms with Crippen LogP contribution in [0.4, 0.5) is 5.69 Å². The summed E-state index contributed by atoms with van der Waals surface area (Å²) in [6.45, 7) is 3.84. The molecule has 0 unspecified atom stereocenters. The number of nitro benzene ring substituents is 1. The molecule has 0 spiro atoms. The van der Waals surface area contributed by atoms with Crippen LogP contribution in [0, 0.1) is 10.1 Å². The second kappa shape index (κ2) is 6.06. The van der Waals surface area contributed by atoms with E-state index in [-0.39, 0.29) is 22.0 Å². The standard InChI is InChI=1S/C23H18N2O5/c1-23(2)9-8-14-16(30-23)11-17(29-3)18-19(14)24-20-15(22(18)26)10-12-6-4-5-7-13(12)21(20)25(27)28/h4-11H,1-3H3,(H,24,26). The van der Waals surface area contributed by atoms with Crippen molar-refractivity contribution in [3.63, 3.8) is 0 Å². The third kappa shape index (κ3) is 2.48. The van der Waals surface area contributed by atoms with Gasteiger partial charge in [0.05, 0.1) is 33.7 Å². The SMILES string of the molecule is COc1cc2c(c3[nH]c4c([N+](=O)[O-])c5ccccc5cc4c(=O)c13)C=CC(C)(C)O2. The number of hydrogen-bond donors (Lipinski definition) is 1. The van der Waals surface area contributed by atoms with Gasteiger partial charge in [0.2, 0.25) is 5.43 Å². The summed E-state index contributed by atoms with van der Waals surface area (Å²) in [5, 5.41) is 13.7. The van der Waals surface area contributed by atoms with Crippen LogP contribution in [0.15, 0.2) is 47.3 Å². The van der Waals surface area contributed by atoms with Gasteiger partial charge < -0.3 is 14.5 Å². The smallest absolute Gasteiger partial charge is 0.301 e. The zero-order valence-electron chi connectivity index (χ0n) is 16.6. The van der Waals surface area contributed by atoms with Crippen molar-refractivity contribution in [1.82, 2.24) is 4.98 Å². The molecule has 5 rings (SSSR count). The highest BCUT2D eigenvalue weighted by Crippen LogP contribution is 2.41. The lowest BCUT2D eigenvalue weighted by Crippen LogP contribution is -2.27. The molecule has 0 saturated heterocycles. The lowest BCUT2D eigenvalue weighted by molar-refractivity contribution is -0.381. The van der Waals surface area contributed by atoms with Crippen molar-refractivity contribution in [3.8, 4) is 11.5 Å². The van der Waals surface area contributed by atoms with Crippen molar-refractivity contribution in [2.75, 3.05) is 7.11 Å². The van der Waals surface area contributed by atoms with Gasteiger partial charge >= 0.3 is 5.69 Å². The van der Waals surface area contributed by atoms with Crippen molar-refractivity contribution in [2.45, 2.75) is 19.4 Å². The molecule has 150 valence electrons. The summed E-state index contributed by atoms with van der Waals surface area (Å²) < 4.78 is 11.5. The van der Waals surface area contributed by atoms with E-state index in [2.05, 4.69) is 4.98 Å². The molecule has 1 aromatic heterocycles. The Balaban J connectivity index is 2.03. The number of non-ortho nitro benzene ring substituents is 1. The maximum atomic E-state index is 13.5. The van der Waals surface area contributed by atoms with E-state index in [0.29, 0.717) is 38.7 Å². The average Bonchev–Trinajstić information content (AvgIpc) is 2.70. The highest BCUT2D eigenvalue weighted by Gasteiger charge is 2.28. The van der Waals surface area contributed by atoms with E-state index >= 15 is 0 Å². The number of methoxy groups -OCH3 is 1. The van der Waals surface area contributed by atoms with Gasteiger partial charge in [0.25, 0.3) is 0 Å². The molecular formula is C23H18N2O5. The molecule has 0 radical (unpaired) electrons. The predicted octanol–water partition coefficient (Wildman–Crippen LogP) is 4.94. The summed E-state index contributed by atoms with van der Waals surface area (Å²) in [7, 11) is 1.48. The molecule has 4 aromatic rings. The maximum absolute atomic E-state index is 13.5. The molecule has 3 aromatic carbocycles. The van der Waals surface area contributed by atoms with Gasteiger partial charge in [0.15, 0.2) is 0 Å². The highest BCUT2D eigenvalue weighted by molar-refractivity contribution is 6.10. The van der Waals surface area contributed by atoms with Crippen molar-refractivity contribution >= 4 is 44.3 Å². The summed E-state index contributed by atoms with van der Waals surface area (Å²) in [5.41, 5.74) is 0.319. The molecule has 1 aliphatic rings. The van der Waals surface area contributed by atoms with E-state index in [0.717, 1.165) is 0 Å². The van der Waals surface area contributed by atoms with Crippen molar-refractivity contribution in [1.29, 1.82) is 0 Å². The molecule has 2 heterocycles. The summed E-state index contributed by atoms with van der Waals surface area (Å²) >= 11 is 0. The molecule has 0 atom stereocenters. The first-order chi connectivity index (χ1) is 14.3. The number of benzene rings is 3. The molecule has 0 amide bonds. The van der Waals surface area contributed by atoms with E-state index in [4.69, 9.17) is 9.47 Å². The van der Waals surface area contributed by atoms with Crippen LogP contribution >= 0.6 is 0 Å². The number of fused-ring (bicyclic) bond motifs is 5. The van der Waals surface area contributed by atoms with E-state index < -0.39 is 10.5 Å². The van der Waals surface area contributed by atoms with Gasteiger partial charge in [-0.2, -0.15) is 0 Å². The first-order valence-corrected chi connectivity index (χ1v) is 9.46. The second-order valence-corrected chi connectivity index (χ2v) is 7.86. The Hall–Kier alpha value is -3.87. The van der Waals surface area contributed by atoms with Gasteiger partial charge in [0, 0.05) is 11.6 Å². The normalized spacial score (nSPS) is 14.6. The largest absolute Gasteiger partial charge is 0.496 e. The number of rotatable bonds is 2. The molecule has 30 heavy (non-hydrogen) atoms. The zero-order chi connectivity index (χ0) is 21.2. The zero-order valence-corrected chi connectivity index (χ0v) is 16.6. The molecule has 0 fully saturated rings. The lowest BCUT2D eigenvalue weighted by atomic mass is 9.97. The van der Waals surface area contributed by atoms with Gasteiger partial charge in [-0.25, -0.2) is 0 Å². The number of aromatic nitrogens is 1. The van der Waals surface area contributed by atoms with E-state index in [1.54, 1.807) is 36.4 Å². The lowest BCUT2D eigenvalue weighted by Gasteiger charge is -2.28. The summed E-state index contributed by atoms with van der Waals surface area (Å²) in [4.78, 5) is 28.2. The van der Waals surface area contributed by atoms with E-state index in [1.807, 2.05) is 26.0 Å². The number of pyridine rings is 1. The molecular weight excluding hydrogens is 384 g/mol. The monoisotopic (exact) mass is 402 g/mol. The third-order valence-corrected chi connectivity index (χ3v) is 5.46. The van der Waals surface area contributed by atoms with E-state index in [1.165, 1.54) is 7.11 Å². The van der Waals surface area contributed by atoms with Gasteiger partial charge in [-0.3, -0.25) is 14.9 Å². The van der Waals surface area contributed by atoms with Crippen LogP contribution in [-0.2, 0) is 0 Å². The number of ether oxygens (including phenoxy) is 2. The van der Waals surface area contributed by atoms with Gasteiger partial charge in [-0.1, -0.05) is 18.2 Å². The third-order valence-electron chi connectivity index (χ3n) is 5.46. The van der Waals surface area contributed by atoms with Crippen LogP contribution in [0.1, 0.15) is 19.4 Å². The predicted molar refractivity (Wildman–Crippen MR) is 117 cm³/mol. The Morgan fingerprint density at radius 1 is 1.13 bits per heavy atom. The minimum Gasteiger partial charge on any atom is -0.496 e. The molecule has 0 aliphatic carbocycles. The second-order valence-electron chi connectivity index (χ2n) is 7.86. The number of aromatic amines is 1. The Labute approximate surface area is 170 Å². The van der Waals surface area contributed by atoms with Crippen LogP contribution in [0.25, 0.3) is 38.7 Å². The first kappa shape index (κ1) is 18.2. The van der Waals surface area contributed by atoms with Gasteiger partial charge in [0.1, 0.15) is 22.6 Å². The average molecular weight is 402 g/mol. The molecule has 7 heteroatoms. The topological polar surface area (TPSA) is 94.5 Å². The summed E-state index contributed by atoms with van der Waals surface area (Å²) in [6.07, 6.45) is 3.76. The van der Waals surface area contributed by atoms with Crippen LogP contribution in [0.3, 0.4) is 0 Å². The van der Waals surface area contributed by atoms with Crippen molar-refractivity contribution < 1.29 is 14.4 Å². The molecule has 1 aliphatic heterocycles. The Bertz CT molecular complexity index is 1480. The Morgan fingerprint density at radius 3 is 2.63 bits per heavy atom. The highest BCUT2D eigenvalue weighted by atomic mass is 16.6. The minimum atomic E-state index is -0.523. The Kier molecular flexibility index (Phi) is 3.67. The van der Waals surface area contributed by atoms with E-state index in [9.17, 15) is 14.9 Å². The van der Waals surface area contributed by atoms with Crippen molar-refractivity contribution in [2.24, 2.45) is 0 Å². The number of nitro groups is 1. The van der Waals surface area contributed by atoms with Crippen LogP contribution in [0.5, 0.6) is 11.5 Å². The number of H-pyrrole nitrogens is 1.